The van der Waals surface area contributed by atoms with Crippen molar-refractivity contribution in [2.75, 3.05) is 13.1 Å². The summed E-state index contributed by atoms with van der Waals surface area (Å²) in [5, 5.41) is 12.7. The molecule has 1 fully saturated rings. The summed E-state index contributed by atoms with van der Waals surface area (Å²) in [6.07, 6.45) is -0.318. The fraction of sp³-hybridized carbons (Fsp3) is 1.00. The van der Waals surface area contributed by atoms with Gasteiger partial charge in [-0.3, -0.25) is 4.90 Å². The standard InChI is InChI=1S/C8H18N2O.2ClH/c1-6-4-9-5-7(2)10(6)8(3)11;;/h6-9,11H,4-5H2,1-3H3;2*1H. The second-order valence-corrected chi connectivity index (χ2v) is 3.44. The summed E-state index contributed by atoms with van der Waals surface area (Å²) in [5.74, 6) is 0. The highest BCUT2D eigenvalue weighted by Gasteiger charge is 2.26. The molecule has 0 aromatic rings. The van der Waals surface area contributed by atoms with Crippen molar-refractivity contribution in [1.82, 2.24) is 10.2 Å². The average Bonchev–Trinajstić information content (AvgIpc) is 1.85. The molecule has 0 aromatic carbocycles. The summed E-state index contributed by atoms with van der Waals surface area (Å²) in [5.41, 5.74) is 0. The number of nitrogens with one attached hydrogen (secondary N) is 1. The Kier molecular flexibility index (Phi) is 8.38. The first-order chi connectivity index (χ1) is 5.13. The lowest BCUT2D eigenvalue weighted by molar-refractivity contribution is -0.0450. The van der Waals surface area contributed by atoms with Gasteiger partial charge in [0.2, 0.25) is 0 Å². The summed E-state index contributed by atoms with van der Waals surface area (Å²) in [6.45, 7) is 8.06. The van der Waals surface area contributed by atoms with Gasteiger partial charge in [0, 0.05) is 25.2 Å². The van der Waals surface area contributed by atoms with Gasteiger partial charge in [-0.25, -0.2) is 0 Å². The third kappa shape index (κ3) is 4.00. The van der Waals surface area contributed by atoms with Gasteiger partial charge in [0.1, 0.15) is 6.23 Å². The maximum atomic E-state index is 9.42. The molecule has 1 aliphatic heterocycles. The molecule has 1 saturated heterocycles. The van der Waals surface area contributed by atoms with E-state index < -0.39 is 0 Å². The molecule has 3 unspecified atom stereocenters. The van der Waals surface area contributed by atoms with Crippen LogP contribution in [0.1, 0.15) is 20.8 Å². The van der Waals surface area contributed by atoms with E-state index in [0.717, 1.165) is 13.1 Å². The average molecular weight is 231 g/mol. The zero-order valence-electron chi connectivity index (χ0n) is 8.36. The van der Waals surface area contributed by atoms with Crippen LogP contribution in [0.5, 0.6) is 0 Å². The molecule has 0 saturated carbocycles. The molecule has 1 rings (SSSR count). The van der Waals surface area contributed by atoms with Crippen LogP contribution in [-0.2, 0) is 0 Å². The lowest BCUT2D eigenvalue weighted by atomic mass is 10.1. The van der Waals surface area contributed by atoms with Crippen LogP contribution in [0, 0.1) is 0 Å². The van der Waals surface area contributed by atoms with Crippen LogP contribution in [0.4, 0.5) is 0 Å². The molecule has 1 aliphatic rings. The molecule has 3 nitrogen and oxygen atoms in total. The van der Waals surface area contributed by atoms with Crippen molar-refractivity contribution < 1.29 is 5.11 Å². The van der Waals surface area contributed by atoms with Crippen molar-refractivity contribution in [3.05, 3.63) is 0 Å². The van der Waals surface area contributed by atoms with Gasteiger partial charge in [-0.15, -0.1) is 24.8 Å². The van der Waals surface area contributed by atoms with Gasteiger partial charge < -0.3 is 10.4 Å². The monoisotopic (exact) mass is 230 g/mol. The van der Waals surface area contributed by atoms with Crippen LogP contribution in [0.15, 0.2) is 0 Å². The fourth-order valence-corrected chi connectivity index (χ4v) is 1.88. The first-order valence-corrected chi connectivity index (χ1v) is 4.29. The quantitative estimate of drug-likeness (QED) is 0.702. The van der Waals surface area contributed by atoms with Gasteiger partial charge in [-0.05, 0) is 20.8 Å². The lowest BCUT2D eigenvalue weighted by Crippen LogP contribution is -2.57. The third-order valence-corrected chi connectivity index (χ3v) is 2.33. The van der Waals surface area contributed by atoms with Crippen molar-refractivity contribution in [2.24, 2.45) is 0 Å². The maximum Gasteiger partial charge on any atom is 0.105 e. The molecule has 5 heteroatoms. The molecule has 0 radical (unpaired) electrons. The number of piperazine rings is 1. The molecule has 0 spiro atoms. The van der Waals surface area contributed by atoms with Crippen LogP contribution in [0.3, 0.4) is 0 Å². The Labute approximate surface area is 92.7 Å². The van der Waals surface area contributed by atoms with E-state index in [1.165, 1.54) is 0 Å². The Morgan fingerprint density at radius 2 is 1.62 bits per heavy atom. The number of hydrogen-bond acceptors (Lipinski definition) is 3. The summed E-state index contributed by atoms with van der Waals surface area (Å²) >= 11 is 0. The van der Waals surface area contributed by atoms with E-state index in [-0.39, 0.29) is 31.0 Å². The van der Waals surface area contributed by atoms with Gasteiger partial charge in [0.15, 0.2) is 0 Å². The highest BCUT2D eigenvalue weighted by atomic mass is 35.5. The zero-order valence-corrected chi connectivity index (χ0v) is 9.99. The number of nitrogens with zero attached hydrogens (tertiary/aromatic N) is 1. The Hall–Kier alpha value is 0.460. The summed E-state index contributed by atoms with van der Waals surface area (Å²) in [6, 6.07) is 0.887. The van der Waals surface area contributed by atoms with E-state index in [9.17, 15) is 5.11 Å². The number of halogens is 2. The molecule has 82 valence electrons. The molecule has 3 atom stereocenters. The molecule has 0 bridgehead atoms. The van der Waals surface area contributed by atoms with Crippen molar-refractivity contribution in [3.8, 4) is 0 Å². The molecule has 1 heterocycles. The SMILES string of the molecule is CC(O)N1C(C)CNCC1C.Cl.Cl. The van der Waals surface area contributed by atoms with Crippen LogP contribution in [0.2, 0.25) is 0 Å². The van der Waals surface area contributed by atoms with Gasteiger partial charge in [-0.1, -0.05) is 0 Å². The van der Waals surface area contributed by atoms with Crippen molar-refractivity contribution in [3.63, 3.8) is 0 Å². The minimum absolute atomic E-state index is 0. The molecular formula is C8H20Cl2N2O. The Bertz CT molecular complexity index is 125. The van der Waals surface area contributed by atoms with E-state index in [4.69, 9.17) is 0 Å². The van der Waals surface area contributed by atoms with Crippen LogP contribution < -0.4 is 5.32 Å². The van der Waals surface area contributed by atoms with Crippen LogP contribution in [0.25, 0.3) is 0 Å². The minimum atomic E-state index is -0.318. The first-order valence-electron chi connectivity index (χ1n) is 4.29. The highest BCUT2D eigenvalue weighted by molar-refractivity contribution is 5.85. The highest BCUT2D eigenvalue weighted by Crippen LogP contribution is 2.11. The number of hydrogen-bond donors (Lipinski definition) is 2. The maximum absolute atomic E-state index is 9.42. The van der Waals surface area contributed by atoms with Crippen molar-refractivity contribution >= 4 is 24.8 Å². The molecule has 0 amide bonds. The molecule has 2 N–H and O–H groups in total. The van der Waals surface area contributed by atoms with Gasteiger partial charge in [-0.2, -0.15) is 0 Å². The van der Waals surface area contributed by atoms with Crippen LogP contribution in [-0.4, -0.2) is 41.4 Å². The van der Waals surface area contributed by atoms with E-state index in [0.29, 0.717) is 12.1 Å². The second-order valence-electron chi connectivity index (χ2n) is 3.44. The predicted molar refractivity (Wildman–Crippen MR) is 59.8 cm³/mol. The number of aliphatic hydroxyl groups is 1. The Morgan fingerprint density at radius 3 is 1.85 bits per heavy atom. The smallest absolute Gasteiger partial charge is 0.105 e. The van der Waals surface area contributed by atoms with Gasteiger partial charge in [0.05, 0.1) is 0 Å². The Balaban J connectivity index is 0. The van der Waals surface area contributed by atoms with E-state index in [2.05, 4.69) is 24.1 Å². The fourth-order valence-electron chi connectivity index (χ4n) is 1.88. The largest absolute Gasteiger partial charge is 0.379 e. The normalized spacial score (nSPS) is 31.4. The molecule has 0 aromatic heterocycles. The van der Waals surface area contributed by atoms with Crippen molar-refractivity contribution in [2.45, 2.75) is 39.1 Å². The van der Waals surface area contributed by atoms with E-state index in [1.807, 2.05) is 6.92 Å². The predicted octanol–water partition coefficient (Wildman–Crippen LogP) is 0.851. The molecule has 0 aliphatic carbocycles. The Morgan fingerprint density at radius 1 is 1.23 bits per heavy atom. The van der Waals surface area contributed by atoms with Crippen LogP contribution >= 0.6 is 24.8 Å². The number of aliphatic hydroxyl groups excluding tert-OH is 1. The molecule has 13 heavy (non-hydrogen) atoms. The molecular weight excluding hydrogens is 211 g/mol. The number of rotatable bonds is 1. The van der Waals surface area contributed by atoms with Gasteiger partial charge in [0.25, 0.3) is 0 Å². The van der Waals surface area contributed by atoms with E-state index in [1.54, 1.807) is 0 Å². The topological polar surface area (TPSA) is 35.5 Å². The lowest BCUT2D eigenvalue weighted by Gasteiger charge is -2.41. The van der Waals surface area contributed by atoms with Crippen molar-refractivity contribution in [1.29, 1.82) is 0 Å². The van der Waals surface area contributed by atoms with Gasteiger partial charge >= 0.3 is 0 Å². The van der Waals surface area contributed by atoms with E-state index >= 15 is 0 Å². The zero-order chi connectivity index (χ0) is 8.43. The summed E-state index contributed by atoms with van der Waals surface area (Å²) < 4.78 is 0. The first kappa shape index (κ1) is 15.9. The minimum Gasteiger partial charge on any atom is -0.379 e. The summed E-state index contributed by atoms with van der Waals surface area (Å²) in [7, 11) is 0. The summed E-state index contributed by atoms with van der Waals surface area (Å²) in [4.78, 5) is 2.14. The second kappa shape index (κ2) is 6.85. The third-order valence-electron chi connectivity index (χ3n) is 2.33.